The van der Waals surface area contributed by atoms with Crippen LogP contribution in [0.5, 0.6) is 17.2 Å². The van der Waals surface area contributed by atoms with Crippen LogP contribution in [0.1, 0.15) is 62.3 Å². The molecule has 0 N–H and O–H groups in total. The van der Waals surface area contributed by atoms with Crippen molar-refractivity contribution in [1.82, 2.24) is 15.0 Å². The van der Waals surface area contributed by atoms with E-state index in [1.807, 2.05) is 45.9 Å². The molecule has 3 fully saturated rings. The van der Waals surface area contributed by atoms with Crippen LogP contribution in [0.15, 0.2) is 47.0 Å². The van der Waals surface area contributed by atoms with E-state index in [1.54, 1.807) is 4.90 Å². The number of aromatic nitrogens is 1. The van der Waals surface area contributed by atoms with Crippen LogP contribution < -0.4 is 14.2 Å². The van der Waals surface area contributed by atoms with Crippen LogP contribution in [0.3, 0.4) is 0 Å². The molecule has 0 bridgehead atoms. The number of nitrogens with zero attached hydrogens (tertiary/aromatic N) is 3. The minimum atomic E-state index is -0.906. The fourth-order valence-electron chi connectivity index (χ4n) is 7.64. The number of hydrogen-bond donors (Lipinski definition) is 0. The number of hydrogen-bond acceptors (Lipinski definition) is 11. The lowest BCUT2D eigenvalue weighted by Crippen LogP contribution is -2.51. The zero-order chi connectivity index (χ0) is 35.0. The van der Waals surface area contributed by atoms with Gasteiger partial charge in [-0.3, -0.25) is 9.80 Å². The highest BCUT2D eigenvalue weighted by Crippen LogP contribution is 2.39. The molecule has 4 aliphatic heterocycles. The number of aryl methyl sites for hydroxylation is 2. The molecule has 2 aromatic carbocycles. The molecule has 3 saturated heterocycles. The average Bonchev–Trinajstić information content (AvgIpc) is 3.89. The monoisotopic (exact) mass is 691 g/mol. The van der Waals surface area contributed by atoms with Gasteiger partial charge in [-0.1, -0.05) is 37.2 Å². The molecule has 12 nitrogen and oxygen atoms in total. The van der Waals surface area contributed by atoms with Crippen molar-refractivity contribution in [2.45, 2.75) is 97.8 Å². The van der Waals surface area contributed by atoms with Crippen molar-refractivity contribution in [3.8, 4) is 17.2 Å². The Labute approximate surface area is 293 Å². The first-order valence-electron chi connectivity index (χ1n) is 17.7. The van der Waals surface area contributed by atoms with E-state index in [0.717, 1.165) is 58.4 Å². The number of carbonyl (C=O) groups is 1. The van der Waals surface area contributed by atoms with Crippen LogP contribution in [0.2, 0.25) is 0 Å². The van der Waals surface area contributed by atoms with E-state index >= 15 is 0 Å². The lowest BCUT2D eigenvalue weighted by Gasteiger charge is -2.34. The molecular weight excluding hydrogens is 642 g/mol. The zero-order valence-corrected chi connectivity index (χ0v) is 29.9. The lowest BCUT2D eigenvalue weighted by molar-refractivity contribution is -0.0912. The molecule has 1 aromatic heterocycles. The van der Waals surface area contributed by atoms with Crippen LogP contribution in [0, 0.1) is 25.7 Å². The maximum absolute atomic E-state index is 14.2. The fourth-order valence-corrected chi connectivity index (χ4v) is 7.64. The van der Waals surface area contributed by atoms with Crippen LogP contribution in [-0.2, 0) is 38.5 Å². The van der Waals surface area contributed by atoms with Gasteiger partial charge in [0.15, 0.2) is 17.8 Å². The zero-order valence-electron chi connectivity index (χ0n) is 29.9. The summed E-state index contributed by atoms with van der Waals surface area (Å²) in [4.78, 5) is 18.4. The first-order valence-corrected chi connectivity index (χ1v) is 17.7. The van der Waals surface area contributed by atoms with E-state index in [0.29, 0.717) is 45.2 Å². The van der Waals surface area contributed by atoms with E-state index in [2.05, 4.69) is 48.2 Å². The SMILES string of the molecule is Cc1noc(C)c1COc1ccc(C[C@H]2[C@@H](CN(Cc3ccc4c(c3)OCO4)CC(C)C)OC(C)(C)N2C(=O)O[C@H]2CO[C@H]3OCC[C@H]32)cc1. The molecule has 5 atom stereocenters. The van der Waals surface area contributed by atoms with E-state index in [1.165, 1.54) is 0 Å². The summed E-state index contributed by atoms with van der Waals surface area (Å²) in [5.41, 5.74) is 3.06. The predicted molar refractivity (Wildman–Crippen MR) is 182 cm³/mol. The molecular formula is C38H49N3O9. The summed E-state index contributed by atoms with van der Waals surface area (Å²) < 4.78 is 47.1. The number of carbonyl (C=O) groups excluding carboxylic acids is 1. The van der Waals surface area contributed by atoms with Crippen molar-refractivity contribution < 1.29 is 42.5 Å². The Hall–Kier alpha value is -3.84. The summed E-state index contributed by atoms with van der Waals surface area (Å²) in [7, 11) is 0. The Kier molecular flexibility index (Phi) is 9.98. The number of rotatable bonds is 12. The van der Waals surface area contributed by atoms with E-state index < -0.39 is 11.8 Å². The van der Waals surface area contributed by atoms with Crippen molar-refractivity contribution in [2.24, 2.45) is 11.8 Å². The third-order valence-electron chi connectivity index (χ3n) is 10.1. The highest BCUT2D eigenvalue weighted by atomic mass is 16.7. The van der Waals surface area contributed by atoms with Gasteiger partial charge in [-0.25, -0.2) is 4.79 Å². The van der Waals surface area contributed by atoms with Crippen LogP contribution in [0.4, 0.5) is 4.79 Å². The Balaban J connectivity index is 1.11. The summed E-state index contributed by atoms with van der Waals surface area (Å²) in [6.45, 7) is 15.8. The molecule has 50 heavy (non-hydrogen) atoms. The molecule has 0 spiro atoms. The summed E-state index contributed by atoms with van der Waals surface area (Å²) in [5.74, 6) is 3.49. The fraction of sp³-hybridized carbons (Fsp3) is 0.579. The summed E-state index contributed by atoms with van der Waals surface area (Å²) in [5, 5.41) is 4.02. The van der Waals surface area contributed by atoms with E-state index in [-0.39, 0.29) is 37.3 Å². The van der Waals surface area contributed by atoms with E-state index in [4.69, 9.17) is 37.7 Å². The molecule has 5 heterocycles. The molecule has 0 unspecified atom stereocenters. The Morgan fingerprint density at radius 1 is 1.06 bits per heavy atom. The van der Waals surface area contributed by atoms with Gasteiger partial charge in [0, 0.05) is 19.6 Å². The van der Waals surface area contributed by atoms with Gasteiger partial charge in [0.05, 0.1) is 42.5 Å². The highest BCUT2D eigenvalue weighted by Gasteiger charge is 2.52. The summed E-state index contributed by atoms with van der Waals surface area (Å²) >= 11 is 0. The van der Waals surface area contributed by atoms with E-state index in [9.17, 15) is 4.79 Å². The molecule has 0 saturated carbocycles. The van der Waals surface area contributed by atoms with Gasteiger partial charge in [-0.15, -0.1) is 0 Å². The Bertz CT molecular complexity index is 1620. The van der Waals surface area contributed by atoms with Crippen molar-refractivity contribution in [1.29, 1.82) is 0 Å². The minimum absolute atomic E-state index is 0.0426. The normalized spacial score (nSPS) is 25.1. The second-order valence-corrected chi connectivity index (χ2v) is 14.7. The second kappa shape index (κ2) is 14.4. The van der Waals surface area contributed by atoms with Crippen LogP contribution in [0.25, 0.3) is 0 Å². The van der Waals surface area contributed by atoms with Crippen molar-refractivity contribution in [2.75, 3.05) is 33.1 Å². The third kappa shape index (κ3) is 7.44. The topological polar surface area (TPSA) is 114 Å². The van der Waals surface area contributed by atoms with Crippen LogP contribution >= 0.6 is 0 Å². The standard InChI is InChI=1S/C38H49N3O9/c1-23(2)17-40(18-27-9-12-32-33(16-27)47-22-46-32)19-34-31(15-26-7-10-28(11-8-26)44-20-30-24(3)39-50-25(30)4)41(38(5,6)49-34)37(42)48-35-21-45-36-29(35)13-14-43-36/h7-12,16,23,29,31,34-36H,13-15,17-22H2,1-6H3/t29-,31-,34+,35-,36+/m0/s1. The largest absolute Gasteiger partial charge is 0.489 e. The molecule has 12 heteroatoms. The Morgan fingerprint density at radius 2 is 1.84 bits per heavy atom. The number of amides is 1. The summed E-state index contributed by atoms with van der Waals surface area (Å²) in [6, 6.07) is 13.8. The molecule has 1 amide bonds. The average molecular weight is 692 g/mol. The molecule has 4 aliphatic rings. The number of ether oxygens (including phenoxy) is 7. The van der Waals surface area contributed by atoms with Gasteiger partial charge in [0.2, 0.25) is 6.79 Å². The minimum Gasteiger partial charge on any atom is -0.489 e. The molecule has 7 rings (SSSR count). The van der Waals surface area contributed by atoms with Gasteiger partial charge < -0.3 is 37.7 Å². The first kappa shape index (κ1) is 34.6. The van der Waals surface area contributed by atoms with Gasteiger partial charge >= 0.3 is 6.09 Å². The van der Waals surface area contributed by atoms with Gasteiger partial charge in [-0.2, -0.15) is 0 Å². The summed E-state index contributed by atoms with van der Waals surface area (Å²) in [6.07, 6.45) is 0.0331. The van der Waals surface area contributed by atoms with Gasteiger partial charge in [0.25, 0.3) is 0 Å². The highest BCUT2D eigenvalue weighted by molar-refractivity contribution is 5.70. The number of fused-ring (bicyclic) bond motifs is 2. The van der Waals surface area contributed by atoms with Gasteiger partial charge in [0.1, 0.15) is 29.9 Å². The van der Waals surface area contributed by atoms with Crippen molar-refractivity contribution in [3.63, 3.8) is 0 Å². The van der Waals surface area contributed by atoms with Crippen molar-refractivity contribution in [3.05, 3.63) is 70.6 Å². The third-order valence-corrected chi connectivity index (χ3v) is 10.1. The maximum Gasteiger partial charge on any atom is 0.412 e. The first-order chi connectivity index (χ1) is 24.0. The van der Waals surface area contributed by atoms with Gasteiger partial charge in [-0.05, 0) is 81.8 Å². The lowest BCUT2D eigenvalue weighted by atomic mass is 9.99. The molecule has 0 radical (unpaired) electrons. The quantitative estimate of drug-likeness (QED) is 0.223. The smallest absolute Gasteiger partial charge is 0.412 e. The molecule has 3 aromatic rings. The van der Waals surface area contributed by atoms with Crippen molar-refractivity contribution >= 4 is 6.09 Å². The second-order valence-electron chi connectivity index (χ2n) is 14.7. The molecule has 0 aliphatic carbocycles. The number of benzene rings is 2. The van der Waals surface area contributed by atoms with Crippen LogP contribution in [-0.4, -0.2) is 84.4 Å². The molecule has 270 valence electrons. The Morgan fingerprint density at radius 3 is 2.60 bits per heavy atom. The predicted octanol–water partition coefficient (Wildman–Crippen LogP) is 6.00. The maximum atomic E-state index is 14.2.